The van der Waals surface area contributed by atoms with Crippen molar-refractivity contribution in [2.24, 2.45) is 0 Å². The van der Waals surface area contributed by atoms with Gasteiger partial charge in [-0.2, -0.15) is 0 Å². The lowest BCUT2D eigenvalue weighted by molar-refractivity contribution is -0.115. The van der Waals surface area contributed by atoms with Gasteiger partial charge in [0.1, 0.15) is 5.82 Å². The summed E-state index contributed by atoms with van der Waals surface area (Å²) < 4.78 is 23.9. The maximum absolute atomic E-state index is 13.4. The number of carbonyl (C=O) groups excluding carboxylic acids is 2. The van der Waals surface area contributed by atoms with E-state index in [4.69, 9.17) is 11.6 Å². The molecule has 1 aliphatic rings. The van der Waals surface area contributed by atoms with E-state index in [9.17, 15) is 23.1 Å². The first-order valence-electron chi connectivity index (χ1n) is 11.2. The van der Waals surface area contributed by atoms with E-state index in [1.54, 1.807) is 55.5 Å². The van der Waals surface area contributed by atoms with Gasteiger partial charge in [0, 0.05) is 10.6 Å². The summed E-state index contributed by atoms with van der Waals surface area (Å²) in [6.45, 7) is 1.25. The van der Waals surface area contributed by atoms with Crippen molar-refractivity contribution in [2.75, 3.05) is 17.7 Å². The van der Waals surface area contributed by atoms with Crippen LogP contribution in [0.3, 0.4) is 0 Å². The number of benzene rings is 2. The molecule has 1 unspecified atom stereocenters. The molecule has 1 aliphatic carbocycles. The molecular formula is C26H25ClN2O5S. The first-order chi connectivity index (χ1) is 16.7. The lowest BCUT2D eigenvalue weighted by Crippen LogP contribution is -2.43. The van der Waals surface area contributed by atoms with Crippen LogP contribution in [-0.2, 0) is 32.9 Å². The van der Waals surface area contributed by atoms with Gasteiger partial charge in [-0.15, -0.1) is 0 Å². The maximum atomic E-state index is 13.4. The van der Waals surface area contributed by atoms with Gasteiger partial charge in [-0.05, 0) is 60.4 Å². The number of aliphatic hydroxyl groups excluding tert-OH is 1. The molecule has 1 heterocycles. The van der Waals surface area contributed by atoms with Crippen molar-refractivity contribution in [3.63, 3.8) is 0 Å². The fraction of sp³-hybridized carbons (Fsp3) is 0.269. The summed E-state index contributed by atoms with van der Waals surface area (Å²) in [6, 6.07) is 16.3. The Hall–Kier alpha value is -3.07. The molecule has 0 aliphatic heterocycles. The molecule has 1 amide bonds. The molecule has 35 heavy (non-hydrogen) atoms. The second-order valence-electron chi connectivity index (χ2n) is 8.54. The van der Waals surface area contributed by atoms with Crippen molar-refractivity contribution in [3.05, 3.63) is 88.1 Å². The number of rotatable bonds is 7. The van der Waals surface area contributed by atoms with Gasteiger partial charge < -0.3 is 10.4 Å². The van der Waals surface area contributed by atoms with Gasteiger partial charge in [0.05, 0.1) is 34.8 Å². The third-order valence-corrected chi connectivity index (χ3v) is 8.41. The van der Waals surface area contributed by atoms with E-state index < -0.39 is 15.3 Å². The molecular weight excluding hydrogens is 488 g/mol. The fourth-order valence-electron chi connectivity index (χ4n) is 4.31. The number of pyridine rings is 1. The number of Topliss-reactive ketones (excluding diaryl/α,β-unsaturated/α-hetero) is 1. The first kappa shape index (κ1) is 25.0. The number of aromatic nitrogens is 1. The summed E-state index contributed by atoms with van der Waals surface area (Å²) in [4.78, 5) is 30.6. The molecule has 9 heteroatoms. The predicted molar refractivity (Wildman–Crippen MR) is 134 cm³/mol. The average molecular weight is 513 g/mol. The number of hydrogen-bond donors (Lipinski definition) is 2. The largest absolute Gasteiger partial charge is 0.395 e. The second kappa shape index (κ2) is 9.89. The molecule has 1 atom stereocenters. The summed E-state index contributed by atoms with van der Waals surface area (Å²) in [6.07, 6.45) is 0.893. The summed E-state index contributed by atoms with van der Waals surface area (Å²) >= 11 is 5.98. The van der Waals surface area contributed by atoms with Gasteiger partial charge in [0.15, 0.2) is 15.6 Å². The molecule has 3 aromatic rings. The number of hydrogen-bond acceptors (Lipinski definition) is 6. The lowest BCUT2D eigenvalue weighted by atomic mass is 9.68. The van der Waals surface area contributed by atoms with E-state index in [0.29, 0.717) is 46.1 Å². The fourth-order valence-corrected chi connectivity index (χ4v) is 5.32. The zero-order chi connectivity index (χ0) is 25.2. The molecule has 0 spiro atoms. The van der Waals surface area contributed by atoms with Crippen molar-refractivity contribution in [2.45, 2.75) is 36.5 Å². The number of nitrogens with one attached hydrogen (secondary N) is 1. The number of halogens is 1. The van der Waals surface area contributed by atoms with Crippen molar-refractivity contribution >= 4 is 38.9 Å². The van der Waals surface area contributed by atoms with Gasteiger partial charge in [-0.3, -0.25) is 9.59 Å². The number of aryl methyl sites for hydroxylation is 1. The Morgan fingerprint density at radius 2 is 1.77 bits per heavy atom. The van der Waals surface area contributed by atoms with Gasteiger partial charge in [0.25, 0.3) is 0 Å². The number of anilines is 1. The average Bonchev–Trinajstić information content (AvgIpc) is 2.85. The van der Waals surface area contributed by atoms with Gasteiger partial charge in [0.2, 0.25) is 5.91 Å². The van der Waals surface area contributed by atoms with Crippen LogP contribution >= 0.6 is 11.6 Å². The Bertz CT molecular complexity index is 1370. The smallest absolute Gasteiger partial charge is 0.229 e. The van der Waals surface area contributed by atoms with E-state index in [2.05, 4.69) is 10.3 Å². The molecule has 0 fully saturated rings. The highest BCUT2D eigenvalue weighted by atomic mass is 35.5. The number of ketones is 1. The quantitative estimate of drug-likeness (QED) is 0.498. The van der Waals surface area contributed by atoms with E-state index in [-0.39, 0.29) is 35.4 Å². The highest BCUT2D eigenvalue weighted by Gasteiger charge is 2.44. The van der Waals surface area contributed by atoms with Gasteiger partial charge >= 0.3 is 0 Å². The lowest BCUT2D eigenvalue weighted by Gasteiger charge is -2.35. The predicted octanol–water partition coefficient (Wildman–Crippen LogP) is 3.77. The van der Waals surface area contributed by atoms with Crippen molar-refractivity contribution in [3.8, 4) is 0 Å². The van der Waals surface area contributed by atoms with E-state index in [1.807, 2.05) is 0 Å². The molecule has 4 rings (SSSR count). The van der Waals surface area contributed by atoms with Crippen LogP contribution in [0.1, 0.15) is 40.5 Å². The van der Waals surface area contributed by atoms with Crippen LogP contribution < -0.4 is 5.32 Å². The molecule has 7 nitrogen and oxygen atoms in total. The summed E-state index contributed by atoms with van der Waals surface area (Å²) in [7, 11) is -3.30. The first-order valence-corrected chi connectivity index (χ1v) is 13.2. The minimum atomic E-state index is -3.30. The Balaban J connectivity index is 1.48. The van der Waals surface area contributed by atoms with E-state index >= 15 is 0 Å². The van der Waals surface area contributed by atoms with Crippen LogP contribution in [0.4, 0.5) is 5.82 Å². The number of amides is 1. The van der Waals surface area contributed by atoms with Crippen molar-refractivity contribution in [1.29, 1.82) is 0 Å². The van der Waals surface area contributed by atoms with Crippen LogP contribution in [-0.4, -0.2) is 42.6 Å². The SMILES string of the molecule is CCS(=O)(=O)c1ccc(CC(=O)Nc2ccc3c(n2)CCC(CO)(c2ccc(Cl)cc2)C3=O)cc1. The molecule has 0 saturated heterocycles. The number of fused-ring (bicyclic) bond motifs is 1. The monoisotopic (exact) mass is 512 g/mol. The molecule has 0 saturated carbocycles. The molecule has 1 aromatic heterocycles. The Morgan fingerprint density at radius 1 is 1.09 bits per heavy atom. The summed E-state index contributed by atoms with van der Waals surface area (Å²) in [5.74, 6) is -0.180. The number of carbonyl (C=O) groups is 2. The standard InChI is InChI=1S/C26H25ClN2O5S/c1-2-35(33,34)20-9-3-17(4-10-20)15-24(31)29-23-12-11-21-22(28-23)13-14-26(16-30,25(21)32)18-5-7-19(27)8-6-18/h3-12,30H,2,13-16H2,1H3,(H,28,29,31). The minimum Gasteiger partial charge on any atom is -0.395 e. The van der Waals surface area contributed by atoms with Crippen LogP contribution in [0.25, 0.3) is 0 Å². The normalized spacial score (nSPS) is 17.6. The van der Waals surface area contributed by atoms with Gasteiger partial charge in [-0.1, -0.05) is 42.8 Å². The van der Waals surface area contributed by atoms with Crippen LogP contribution in [0.5, 0.6) is 0 Å². The molecule has 0 radical (unpaired) electrons. The van der Waals surface area contributed by atoms with Crippen molar-refractivity contribution < 1.29 is 23.1 Å². The molecule has 2 aromatic carbocycles. The van der Waals surface area contributed by atoms with Crippen LogP contribution in [0, 0.1) is 0 Å². The van der Waals surface area contributed by atoms with Crippen molar-refractivity contribution in [1.82, 2.24) is 4.98 Å². The number of nitrogens with zero attached hydrogens (tertiary/aromatic N) is 1. The minimum absolute atomic E-state index is 0.0124. The molecule has 2 N–H and O–H groups in total. The highest BCUT2D eigenvalue weighted by Crippen LogP contribution is 2.38. The Morgan fingerprint density at radius 3 is 2.40 bits per heavy atom. The zero-order valence-electron chi connectivity index (χ0n) is 19.1. The third-order valence-electron chi connectivity index (χ3n) is 6.40. The van der Waals surface area contributed by atoms with E-state index in [0.717, 1.165) is 0 Å². The topological polar surface area (TPSA) is 113 Å². The second-order valence-corrected chi connectivity index (χ2v) is 11.3. The Kier molecular flexibility index (Phi) is 7.07. The highest BCUT2D eigenvalue weighted by molar-refractivity contribution is 7.91. The summed E-state index contributed by atoms with van der Waals surface area (Å²) in [5.41, 5.74) is 1.31. The van der Waals surface area contributed by atoms with Crippen LogP contribution in [0.2, 0.25) is 5.02 Å². The number of aliphatic hydroxyl groups is 1. The van der Waals surface area contributed by atoms with E-state index in [1.165, 1.54) is 12.1 Å². The molecule has 182 valence electrons. The third kappa shape index (κ3) is 5.00. The zero-order valence-corrected chi connectivity index (χ0v) is 20.7. The maximum Gasteiger partial charge on any atom is 0.229 e. The van der Waals surface area contributed by atoms with Gasteiger partial charge in [-0.25, -0.2) is 13.4 Å². The Labute approximate surface area is 209 Å². The number of sulfone groups is 1. The summed E-state index contributed by atoms with van der Waals surface area (Å²) in [5, 5.41) is 13.5. The molecule has 0 bridgehead atoms. The van der Waals surface area contributed by atoms with Crippen LogP contribution in [0.15, 0.2) is 65.6 Å².